The van der Waals surface area contributed by atoms with Crippen LogP contribution in [-0.2, 0) is 0 Å². The number of likely N-dealkylation sites (N-methyl/N-ethyl adjacent to an activating group) is 2. The zero-order valence-corrected chi connectivity index (χ0v) is 64.4. The van der Waals surface area contributed by atoms with Gasteiger partial charge >= 0.3 is 5.97 Å². The molecule has 0 saturated carbocycles. The Kier molecular flexibility index (Phi) is 24.6. The second kappa shape index (κ2) is 35.8. The van der Waals surface area contributed by atoms with E-state index in [1.807, 2.05) is 166 Å². The van der Waals surface area contributed by atoms with Gasteiger partial charge in [-0.3, -0.25) is 9.97 Å². The number of aromatic nitrogens is 20. The van der Waals surface area contributed by atoms with E-state index in [1.54, 1.807) is 24.8 Å². The van der Waals surface area contributed by atoms with Gasteiger partial charge in [0.25, 0.3) is 23.6 Å². The van der Waals surface area contributed by atoms with Crippen LogP contribution in [0.4, 0.5) is 29.1 Å². The quantitative estimate of drug-likeness (QED) is 0.0833. The predicted octanol–water partition coefficient (Wildman–Crippen LogP) is 12.2. The predicted molar refractivity (Wildman–Crippen MR) is 424 cm³/mol. The van der Waals surface area contributed by atoms with Crippen LogP contribution in [0.5, 0.6) is 0 Å². The van der Waals surface area contributed by atoms with Crippen LogP contribution in [-0.4, -0.2) is 188 Å². The van der Waals surface area contributed by atoms with Crippen molar-refractivity contribution in [3.8, 4) is 115 Å². The van der Waals surface area contributed by atoms with Crippen molar-refractivity contribution in [3.63, 3.8) is 0 Å². The van der Waals surface area contributed by atoms with Crippen molar-refractivity contribution in [3.05, 3.63) is 220 Å². The van der Waals surface area contributed by atoms with Crippen LogP contribution >= 0.6 is 47.8 Å². The minimum absolute atomic E-state index is 0.0827. The summed E-state index contributed by atoms with van der Waals surface area (Å²) in [7, 11) is 4.28. The third-order valence-electron chi connectivity index (χ3n) is 16.8. The fourth-order valence-corrected chi connectivity index (χ4v) is 11.6. The first-order valence-corrected chi connectivity index (χ1v) is 36.4. The number of pyridine rings is 2. The standard InChI is InChI=1S/C23H23N7O.C22H22N8O.C13H9BrN4O.C12H8BrN5O.C5H4BrN3O2/c1-16-21(23-28-27-22(31-23)17-6-4-3-5-7-17)26-19(15-24-16)18-8-9-20(25-14-18)30-12-10-29(2)11-13-30;1-29-9-11-30(12-10-29)18-8-7-16(13-24-18)17-14-25-20(23)19(26-17)22-28-27-21(31-22)15-5-3-2-4-6-15;1-8-11(16-10(14)7-15-8)13-18-17-12(19-13)9-5-3-2-4-6-9;13-8-6-15-10(14)9(16-8)12-18-17-11(19-12)7-4-2-1-3-5-7;6-2-1-8-4(7)3(9-2)5(10)11/h3-9,14-15H,10-13H2,1-2H3;2-8,13-14H,9-12H2,1H3,(H2,23,25);2-7H,1H3;1-6H,(H2,14,15);1H,(H2,7,8)(H,10,11). The number of hydrogen-bond donors (Lipinski definition) is 4. The maximum atomic E-state index is 10.4. The van der Waals surface area contributed by atoms with Crippen molar-refractivity contribution >= 4 is 82.8 Å². The second-order valence-corrected chi connectivity index (χ2v) is 26.9. The summed E-state index contributed by atoms with van der Waals surface area (Å²) in [5.74, 6) is 4.09. The molecule has 0 bridgehead atoms. The van der Waals surface area contributed by atoms with Crippen LogP contribution in [0.25, 0.3) is 115 Å². The Balaban J connectivity index is 0.000000127. The van der Waals surface area contributed by atoms with Gasteiger partial charge in [-0.1, -0.05) is 72.8 Å². The molecule has 15 aromatic rings. The smallest absolute Gasteiger partial charge is 0.358 e. The van der Waals surface area contributed by atoms with E-state index in [2.05, 4.69) is 177 Å². The molecular formula is C75H66Br3N27O6. The zero-order chi connectivity index (χ0) is 77.3. The fourth-order valence-electron chi connectivity index (χ4n) is 10.8. The third-order valence-corrected chi connectivity index (χ3v) is 17.9. The Morgan fingerprint density at radius 3 is 1.03 bits per heavy atom. The molecule has 558 valence electrons. The first-order chi connectivity index (χ1) is 53.9. The van der Waals surface area contributed by atoms with Crippen molar-refractivity contribution in [2.75, 3.05) is 93.5 Å². The molecule has 2 aliphatic rings. The highest BCUT2D eigenvalue weighted by atomic mass is 79.9. The monoisotopic (exact) mass is 1680 g/mol. The SMILES string of the molecule is CN1CCN(c2ccc(-c3cnc(N)c(-c4nnc(-c5ccccc5)o4)n3)cn2)CC1.Cc1ncc(-c2ccc(N3CCN(C)CC3)nc2)nc1-c1nnc(-c2ccccc2)o1.Cc1ncc(Br)nc1-c1nnc(-c2ccccc2)o1.Nc1ncc(Br)nc1-c1nnc(-c2ccccc2)o1.Nc1ncc(Br)nc1C(=O)O. The van der Waals surface area contributed by atoms with Gasteiger partial charge in [0.2, 0.25) is 23.6 Å². The molecule has 0 spiro atoms. The lowest BCUT2D eigenvalue weighted by atomic mass is 10.2. The first-order valence-electron chi connectivity index (χ1n) is 34.0. The van der Waals surface area contributed by atoms with Crippen molar-refractivity contribution in [1.29, 1.82) is 0 Å². The van der Waals surface area contributed by atoms with E-state index in [0.717, 1.165) is 114 Å². The lowest BCUT2D eigenvalue weighted by Crippen LogP contribution is -2.44. The molecule has 0 unspecified atom stereocenters. The minimum Gasteiger partial charge on any atom is -0.476 e. The van der Waals surface area contributed by atoms with E-state index >= 15 is 0 Å². The largest absolute Gasteiger partial charge is 0.476 e. The summed E-state index contributed by atoms with van der Waals surface area (Å²) in [5.41, 5.74) is 26.6. The number of carboxylic acid groups (broad SMARTS) is 1. The number of rotatable bonds is 13. The molecule has 0 amide bonds. The molecular weight excluding hydrogens is 1610 g/mol. The second-order valence-electron chi connectivity index (χ2n) is 24.5. The maximum Gasteiger partial charge on any atom is 0.358 e. The average molecular weight is 1680 g/mol. The van der Waals surface area contributed by atoms with E-state index in [0.29, 0.717) is 77.6 Å². The van der Waals surface area contributed by atoms with Gasteiger partial charge in [-0.15, -0.1) is 40.8 Å². The number of piperazine rings is 2. The Bertz CT molecular complexity index is 5290. The summed E-state index contributed by atoms with van der Waals surface area (Å²) in [4.78, 5) is 70.9. The number of carboxylic acids is 1. The van der Waals surface area contributed by atoms with Crippen LogP contribution < -0.4 is 27.0 Å². The fraction of sp³-hybridized carbons (Fsp3) is 0.160. The summed E-state index contributed by atoms with van der Waals surface area (Å²) in [6.07, 6.45) is 11.5. The van der Waals surface area contributed by atoms with Crippen molar-refractivity contribution in [2.24, 2.45) is 0 Å². The van der Waals surface area contributed by atoms with E-state index in [-0.39, 0.29) is 34.9 Å². The summed E-state index contributed by atoms with van der Waals surface area (Å²) in [6, 6.07) is 46.4. The molecule has 2 saturated heterocycles. The number of aryl methyl sites for hydroxylation is 2. The van der Waals surface area contributed by atoms with Crippen LogP contribution in [0, 0.1) is 13.8 Å². The molecule has 2 fully saturated rings. The topological polar surface area (TPSA) is 439 Å². The Morgan fingerprint density at radius 2 is 0.649 bits per heavy atom. The van der Waals surface area contributed by atoms with Gasteiger partial charge in [0, 0.05) is 98.1 Å². The Hall–Kier alpha value is -13.0. The molecule has 7 N–H and O–H groups in total. The van der Waals surface area contributed by atoms with Gasteiger partial charge in [-0.05, 0) is 149 Å². The highest BCUT2D eigenvalue weighted by Crippen LogP contribution is 2.32. The number of benzene rings is 4. The molecule has 2 aliphatic heterocycles. The summed E-state index contributed by atoms with van der Waals surface area (Å²) >= 11 is 9.48. The molecule has 0 aliphatic carbocycles. The maximum absolute atomic E-state index is 10.4. The van der Waals surface area contributed by atoms with E-state index < -0.39 is 5.97 Å². The third kappa shape index (κ3) is 19.5. The molecule has 13 heterocycles. The summed E-state index contributed by atoms with van der Waals surface area (Å²) < 4.78 is 24.4. The van der Waals surface area contributed by atoms with Gasteiger partial charge < -0.3 is 59.6 Å². The summed E-state index contributed by atoms with van der Waals surface area (Å²) in [6.45, 7) is 11.8. The number of halogens is 3. The van der Waals surface area contributed by atoms with Crippen molar-refractivity contribution < 1.29 is 27.6 Å². The number of nitrogen functional groups attached to an aromatic ring is 3. The summed E-state index contributed by atoms with van der Waals surface area (Å²) in [5, 5.41) is 41.1. The molecule has 33 nitrogen and oxygen atoms in total. The van der Waals surface area contributed by atoms with Gasteiger partial charge in [0.05, 0.1) is 53.8 Å². The van der Waals surface area contributed by atoms with Crippen LogP contribution in [0.1, 0.15) is 21.9 Å². The number of carbonyl (C=O) groups is 1. The van der Waals surface area contributed by atoms with Crippen molar-refractivity contribution in [1.82, 2.24) is 110 Å². The molecule has 111 heavy (non-hydrogen) atoms. The van der Waals surface area contributed by atoms with Gasteiger partial charge in [-0.25, -0.2) is 54.6 Å². The van der Waals surface area contributed by atoms with E-state index in [1.165, 1.54) is 12.4 Å². The minimum atomic E-state index is -1.18. The lowest BCUT2D eigenvalue weighted by Gasteiger charge is -2.33. The zero-order valence-electron chi connectivity index (χ0n) is 59.6. The van der Waals surface area contributed by atoms with Crippen LogP contribution in [0.15, 0.2) is 220 Å². The number of nitrogens with zero attached hydrogens (tertiary/aromatic N) is 24. The van der Waals surface area contributed by atoms with Crippen LogP contribution in [0.3, 0.4) is 0 Å². The molecule has 36 heteroatoms. The highest BCUT2D eigenvalue weighted by molar-refractivity contribution is 9.11. The number of anilines is 5. The molecule has 0 atom stereocenters. The molecule has 4 aromatic carbocycles. The number of hydrogen-bond acceptors (Lipinski definition) is 32. The van der Waals surface area contributed by atoms with E-state index in [9.17, 15) is 4.79 Å². The normalized spacial score (nSPS) is 12.8. The molecule has 17 rings (SSSR count). The van der Waals surface area contributed by atoms with Gasteiger partial charge in [0.15, 0.2) is 34.5 Å². The highest BCUT2D eigenvalue weighted by Gasteiger charge is 2.23. The first kappa shape index (κ1) is 76.2. The average Bonchev–Trinajstić information content (AvgIpc) is 1.76. The van der Waals surface area contributed by atoms with Crippen molar-refractivity contribution in [2.45, 2.75) is 13.8 Å². The van der Waals surface area contributed by atoms with E-state index in [4.69, 9.17) is 45.0 Å². The van der Waals surface area contributed by atoms with Crippen LogP contribution in [0.2, 0.25) is 0 Å². The Morgan fingerprint density at radius 1 is 0.342 bits per heavy atom. The molecule has 11 aromatic heterocycles. The number of nitrogens with two attached hydrogens (primary N) is 3. The van der Waals surface area contributed by atoms with Gasteiger partial charge in [-0.2, -0.15) is 0 Å². The van der Waals surface area contributed by atoms with Gasteiger partial charge in [0.1, 0.15) is 36.8 Å². The Labute approximate surface area is 658 Å². The molecule has 0 radical (unpaired) electrons. The number of aromatic carboxylic acids is 1. The lowest BCUT2D eigenvalue weighted by molar-refractivity contribution is 0.0691.